The molecule has 0 aliphatic rings. The second kappa shape index (κ2) is 10.6. The minimum atomic E-state index is -0.476. The summed E-state index contributed by atoms with van der Waals surface area (Å²) >= 11 is 0. The molecule has 0 spiro atoms. The maximum absolute atomic E-state index is 12.3. The first-order valence-corrected chi connectivity index (χ1v) is 9.55. The number of esters is 1. The lowest BCUT2D eigenvalue weighted by atomic mass is 10.2. The van der Waals surface area contributed by atoms with Crippen molar-refractivity contribution in [3.8, 4) is 23.0 Å². The Morgan fingerprint density at radius 2 is 1.38 bits per heavy atom. The van der Waals surface area contributed by atoms with Crippen LogP contribution in [0.25, 0.3) is 0 Å². The molecule has 0 radical (unpaired) electrons. The first-order chi connectivity index (χ1) is 15.5. The smallest absolute Gasteiger partial charge is 0.343 e. The van der Waals surface area contributed by atoms with Crippen molar-refractivity contribution in [2.45, 2.75) is 0 Å². The molecule has 1 amide bonds. The fourth-order valence-electron chi connectivity index (χ4n) is 2.72. The van der Waals surface area contributed by atoms with E-state index in [-0.39, 0.29) is 0 Å². The van der Waals surface area contributed by atoms with Gasteiger partial charge in [-0.1, -0.05) is 0 Å². The van der Waals surface area contributed by atoms with Crippen LogP contribution in [-0.2, 0) is 0 Å². The molecule has 0 atom stereocenters. The average molecular weight is 434 g/mol. The SMILES string of the molecule is COc1ccc(C(=O)Oc2ccc(/C=N\NC(=O)c3ccc(OC)c(OC)c3)cc2)cc1. The summed E-state index contributed by atoms with van der Waals surface area (Å²) in [6.07, 6.45) is 1.48. The van der Waals surface area contributed by atoms with Crippen molar-refractivity contribution in [3.63, 3.8) is 0 Å². The summed E-state index contributed by atoms with van der Waals surface area (Å²) in [5, 5.41) is 3.95. The van der Waals surface area contributed by atoms with Crippen molar-refractivity contribution in [1.29, 1.82) is 0 Å². The van der Waals surface area contributed by atoms with Crippen molar-refractivity contribution >= 4 is 18.1 Å². The number of rotatable bonds is 8. The predicted octanol–water partition coefficient (Wildman–Crippen LogP) is 3.70. The Kier molecular flexibility index (Phi) is 7.42. The lowest BCUT2D eigenvalue weighted by Gasteiger charge is -2.08. The number of hydrogen-bond acceptors (Lipinski definition) is 7. The van der Waals surface area contributed by atoms with Crippen LogP contribution in [0.5, 0.6) is 23.0 Å². The molecule has 0 bridgehead atoms. The minimum absolute atomic E-state index is 0.376. The van der Waals surface area contributed by atoms with Crippen molar-refractivity contribution in [3.05, 3.63) is 83.4 Å². The molecule has 3 aromatic carbocycles. The molecular formula is C24H22N2O6. The van der Waals surface area contributed by atoms with E-state index in [0.717, 1.165) is 0 Å². The van der Waals surface area contributed by atoms with E-state index < -0.39 is 11.9 Å². The number of methoxy groups -OCH3 is 3. The summed E-state index contributed by atoms with van der Waals surface area (Å²) in [5.74, 6) is 1.15. The normalized spacial score (nSPS) is 10.5. The van der Waals surface area contributed by atoms with Gasteiger partial charge in [0.15, 0.2) is 11.5 Å². The van der Waals surface area contributed by atoms with Gasteiger partial charge in [0.05, 0.1) is 33.1 Å². The van der Waals surface area contributed by atoms with Crippen LogP contribution in [0, 0.1) is 0 Å². The largest absolute Gasteiger partial charge is 0.497 e. The molecule has 1 N–H and O–H groups in total. The lowest BCUT2D eigenvalue weighted by Crippen LogP contribution is -2.17. The predicted molar refractivity (Wildman–Crippen MR) is 119 cm³/mol. The van der Waals surface area contributed by atoms with Crippen molar-refractivity contribution in [2.24, 2.45) is 5.10 Å². The average Bonchev–Trinajstić information content (AvgIpc) is 2.84. The molecule has 0 saturated heterocycles. The molecular weight excluding hydrogens is 412 g/mol. The van der Waals surface area contributed by atoms with Gasteiger partial charge in [-0.3, -0.25) is 4.79 Å². The molecule has 0 aliphatic heterocycles. The second-order valence-electron chi connectivity index (χ2n) is 6.46. The van der Waals surface area contributed by atoms with E-state index in [4.69, 9.17) is 18.9 Å². The Hall–Kier alpha value is -4.33. The standard InChI is InChI=1S/C24H22N2O6/c1-29-19-11-6-17(7-12-19)24(28)32-20-9-4-16(5-10-20)15-25-26-23(27)18-8-13-21(30-2)22(14-18)31-3/h4-15H,1-3H3,(H,26,27)/b25-15-. The van der Waals surface area contributed by atoms with Crippen molar-refractivity contribution < 1.29 is 28.5 Å². The summed E-state index contributed by atoms with van der Waals surface area (Å²) in [6, 6.07) is 18.1. The van der Waals surface area contributed by atoms with E-state index in [1.165, 1.54) is 20.4 Å². The van der Waals surface area contributed by atoms with Gasteiger partial charge in [0.2, 0.25) is 0 Å². The van der Waals surface area contributed by atoms with Gasteiger partial charge in [0.1, 0.15) is 11.5 Å². The van der Waals surface area contributed by atoms with Gasteiger partial charge in [-0.2, -0.15) is 5.10 Å². The highest BCUT2D eigenvalue weighted by molar-refractivity contribution is 5.95. The minimum Gasteiger partial charge on any atom is -0.497 e. The van der Waals surface area contributed by atoms with Crippen molar-refractivity contribution in [1.82, 2.24) is 5.43 Å². The number of amides is 1. The number of nitrogens with one attached hydrogen (secondary N) is 1. The number of carbonyl (C=O) groups is 2. The van der Waals surface area contributed by atoms with E-state index in [0.29, 0.717) is 39.7 Å². The molecule has 8 heteroatoms. The molecule has 32 heavy (non-hydrogen) atoms. The van der Waals surface area contributed by atoms with E-state index >= 15 is 0 Å². The number of benzene rings is 3. The Morgan fingerprint density at radius 3 is 2.00 bits per heavy atom. The van der Waals surface area contributed by atoms with Crippen LogP contribution in [0.3, 0.4) is 0 Å². The lowest BCUT2D eigenvalue weighted by molar-refractivity contribution is 0.0734. The zero-order chi connectivity index (χ0) is 22.9. The molecule has 0 fully saturated rings. The molecule has 0 unspecified atom stereocenters. The highest BCUT2D eigenvalue weighted by atomic mass is 16.5. The topological polar surface area (TPSA) is 95.5 Å². The van der Waals surface area contributed by atoms with Gasteiger partial charge in [-0.15, -0.1) is 0 Å². The van der Waals surface area contributed by atoms with Gasteiger partial charge in [-0.25, -0.2) is 10.2 Å². The van der Waals surface area contributed by atoms with Crippen LogP contribution in [0.1, 0.15) is 26.3 Å². The summed E-state index contributed by atoms with van der Waals surface area (Å²) in [6.45, 7) is 0. The molecule has 8 nitrogen and oxygen atoms in total. The van der Waals surface area contributed by atoms with Gasteiger partial charge >= 0.3 is 5.97 Å². The van der Waals surface area contributed by atoms with Crippen molar-refractivity contribution in [2.75, 3.05) is 21.3 Å². The number of hydrogen-bond donors (Lipinski definition) is 1. The van der Waals surface area contributed by atoms with Crippen LogP contribution in [0.4, 0.5) is 0 Å². The summed E-state index contributed by atoms with van der Waals surface area (Å²) < 4.78 is 20.8. The van der Waals surface area contributed by atoms with Crippen LogP contribution >= 0.6 is 0 Å². The highest BCUT2D eigenvalue weighted by Gasteiger charge is 2.10. The number of hydrazone groups is 1. The van der Waals surface area contributed by atoms with E-state index in [1.807, 2.05) is 0 Å². The zero-order valence-corrected chi connectivity index (χ0v) is 17.8. The number of ether oxygens (including phenoxy) is 4. The van der Waals surface area contributed by atoms with Gasteiger partial charge in [-0.05, 0) is 72.3 Å². The van der Waals surface area contributed by atoms with Crippen LogP contribution in [0.15, 0.2) is 71.8 Å². The molecule has 0 heterocycles. The quantitative estimate of drug-likeness (QED) is 0.251. The summed E-state index contributed by atoms with van der Waals surface area (Å²) in [7, 11) is 4.57. The van der Waals surface area contributed by atoms with E-state index in [1.54, 1.807) is 73.8 Å². The third-order valence-corrected chi connectivity index (χ3v) is 4.44. The maximum atomic E-state index is 12.3. The van der Waals surface area contributed by atoms with E-state index in [2.05, 4.69) is 10.5 Å². The third-order valence-electron chi connectivity index (χ3n) is 4.44. The highest BCUT2D eigenvalue weighted by Crippen LogP contribution is 2.27. The molecule has 3 aromatic rings. The Morgan fingerprint density at radius 1 is 0.750 bits per heavy atom. The fraction of sp³-hybridized carbons (Fsp3) is 0.125. The monoisotopic (exact) mass is 434 g/mol. The fourth-order valence-corrected chi connectivity index (χ4v) is 2.72. The molecule has 0 aliphatic carbocycles. The number of nitrogens with zero attached hydrogens (tertiary/aromatic N) is 1. The third kappa shape index (κ3) is 5.63. The van der Waals surface area contributed by atoms with Crippen LogP contribution in [-0.4, -0.2) is 39.4 Å². The number of carbonyl (C=O) groups excluding carboxylic acids is 2. The Labute approximate surface area is 185 Å². The Balaban J connectivity index is 1.56. The molecule has 0 saturated carbocycles. The summed E-state index contributed by atoms with van der Waals surface area (Å²) in [4.78, 5) is 24.5. The molecule has 3 rings (SSSR count). The second-order valence-corrected chi connectivity index (χ2v) is 6.46. The maximum Gasteiger partial charge on any atom is 0.343 e. The summed E-state index contributed by atoms with van der Waals surface area (Å²) in [5.41, 5.74) is 3.95. The van der Waals surface area contributed by atoms with Crippen LogP contribution < -0.4 is 24.4 Å². The van der Waals surface area contributed by atoms with Gasteiger partial charge in [0, 0.05) is 5.56 Å². The molecule has 164 valence electrons. The first kappa shape index (κ1) is 22.4. The van der Waals surface area contributed by atoms with Crippen LogP contribution in [0.2, 0.25) is 0 Å². The first-order valence-electron chi connectivity index (χ1n) is 9.55. The van der Waals surface area contributed by atoms with E-state index in [9.17, 15) is 9.59 Å². The van der Waals surface area contributed by atoms with Gasteiger partial charge < -0.3 is 18.9 Å². The zero-order valence-electron chi connectivity index (χ0n) is 17.8. The Bertz CT molecular complexity index is 1110. The van der Waals surface area contributed by atoms with Gasteiger partial charge in [0.25, 0.3) is 5.91 Å². The molecule has 0 aromatic heterocycles.